The first kappa shape index (κ1) is 26.0. The summed E-state index contributed by atoms with van der Waals surface area (Å²) < 4.78 is 4.74. The summed E-state index contributed by atoms with van der Waals surface area (Å²) in [5.74, 6) is -2.27. The van der Waals surface area contributed by atoms with Gasteiger partial charge in [-0.25, -0.2) is 0 Å². The zero-order valence-corrected chi connectivity index (χ0v) is 22.5. The molecule has 0 aromatic heterocycles. The maximum Gasteiger partial charge on any atom is 0.311 e. The molecule has 7 nitrogen and oxygen atoms in total. The Bertz CT molecular complexity index is 1110. The van der Waals surface area contributed by atoms with Gasteiger partial charge in [-0.15, -0.1) is 11.8 Å². The summed E-state index contributed by atoms with van der Waals surface area (Å²) in [5, 5.41) is 10.3. The van der Waals surface area contributed by atoms with Gasteiger partial charge in [-0.05, 0) is 45.6 Å². The first-order chi connectivity index (χ1) is 17.7. The first-order valence-corrected chi connectivity index (χ1v) is 14.1. The molecule has 2 fully saturated rings. The highest BCUT2D eigenvalue weighted by molar-refractivity contribution is 8.02. The Morgan fingerprint density at radius 3 is 2.57 bits per heavy atom. The number of benzene rings is 1. The molecule has 2 amide bonds. The largest absolute Gasteiger partial charge is 0.465 e. The average Bonchev–Trinajstić information content (AvgIpc) is 3.24. The minimum absolute atomic E-state index is 0.156. The van der Waals surface area contributed by atoms with E-state index in [1.807, 2.05) is 69.3 Å². The molecule has 0 saturated carbocycles. The van der Waals surface area contributed by atoms with Crippen LogP contribution >= 0.6 is 11.8 Å². The number of carbonyl (C=O) groups excluding carboxylic acids is 3. The van der Waals surface area contributed by atoms with Gasteiger partial charge in [-0.3, -0.25) is 14.4 Å². The number of aliphatic hydroxyl groups excluding tert-OH is 1. The molecule has 1 aromatic rings. The van der Waals surface area contributed by atoms with Crippen molar-refractivity contribution in [2.45, 2.75) is 67.7 Å². The van der Waals surface area contributed by atoms with Gasteiger partial charge < -0.3 is 19.6 Å². The molecule has 4 heterocycles. The van der Waals surface area contributed by atoms with Crippen molar-refractivity contribution in [3.8, 4) is 0 Å². The van der Waals surface area contributed by atoms with Gasteiger partial charge in [-0.1, -0.05) is 54.6 Å². The van der Waals surface area contributed by atoms with Gasteiger partial charge in [0.25, 0.3) is 0 Å². The highest BCUT2D eigenvalue weighted by Crippen LogP contribution is 2.62. The van der Waals surface area contributed by atoms with E-state index < -0.39 is 34.2 Å². The molecule has 4 aliphatic heterocycles. The van der Waals surface area contributed by atoms with E-state index in [0.717, 1.165) is 24.8 Å². The summed E-state index contributed by atoms with van der Waals surface area (Å²) in [6, 6.07) is 7.77. The van der Waals surface area contributed by atoms with Gasteiger partial charge >= 0.3 is 5.97 Å². The lowest BCUT2D eigenvalue weighted by molar-refractivity contribution is -0.154. The number of ether oxygens (including phenoxy) is 1. The summed E-state index contributed by atoms with van der Waals surface area (Å²) in [6.07, 6.45) is 10.7. The first-order valence-electron chi connectivity index (χ1n) is 13.2. The molecule has 1 N–H and O–H groups in total. The third kappa shape index (κ3) is 4.32. The van der Waals surface area contributed by atoms with Gasteiger partial charge in [-0.2, -0.15) is 0 Å². The monoisotopic (exact) mass is 524 g/mol. The van der Waals surface area contributed by atoms with Crippen LogP contribution in [0.3, 0.4) is 0 Å². The summed E-state index contributed by atoms with van der Waals surface area (Å²) in [7, 11) is 0. The molecule has 1 aromatic carbocycles. The molecule has 4 aliphatic rings. The molecule has 8 heteroatoms. The van der Waals surface area contributed by atoms with Crippen molar-refractivity contribution in [3.05, 3.63) is 60.2 Å². The highest BCUT2D eigenvalue weighted by Gasteiger charge is 2.72. The van der Waals surface area contributed by atoms with Crippen molar-refractivity contribution in [1.82, 2.24) is 9.80 Å². The summed E-state index contributed by atoms with van der Waals surface area (Å²) >= 11 is 1.53. The van der Waals surface area contributed by atoms with Crippen LogP contribution < -0.4 is 0 Å². The smallest absolute Gasteiger partial charge is 0.311 e. The van der Waals surface area contributed by atoms with Crippen molar-refractivity contribution in [2.24, 2.45) is 11.8 Å². The number of rotatable bonds is 3. The number of amides is 2. The summed E-state index contributed by atoms with van der Waals surface area (Å²) in [5.41, 5.74) is 0.285. The van der Waals surface area contributed by atoms with Gasteiger partial charge in [0.15, 0.2) is 0 Å². The predicted molar refractivity (Wildman–Crippen MR) is 143 cm³/mol. The number of cyclic esters (lactones) is 1. The molecule has 6 atom stereocenters. The Morgan fingerprint density at radius 2 is 1.86 bits per heavy atom. The van der Waals surface area contributed by atoms with Crippen LogP contribution in [0.25, 0.3) is 0 Å². The standard InChI is InChI=1S/C29H36N2O5S/c1-28(2,3)30-16-11-15-29-23(22-21(37-29)14-9-4-5-10-17-36-27(22)35)25(33)31(24(29)26(30)34)20(18-32)19-12-7-6-8-13-19/h6-9,11-15,20-24,32H,4-5,10,16-18H2,1-3H3/b14-9-/t20-,21-,22+,23+,24?,29+/m1/s1. The minimum Gasteiger partial charge on any atom is -0.465 e. The molecular formula is C29H36N2O5S. The van der Waals surface area contributed by atoms with E-state index in [-0.39, 0.29) is 29.6 Å². The molecule has 0 bridgehead atoms. The quantitative estimate of drug-likeness (QED) is 0.481. The molecule has 1 unspecified atom stereocenters. The van der Waals surface area contributed by atoms with Crippen molar-refractivity contribution in [2.75, 3.05) is 19.8 Å². The van der Waals surface area contributed by atoms with Crippen LogP contribution in [0.1, 0.15) is 51.6 Å². The zero-order valence-electron chi connectivity index (χ0n) is 21.7. The third-order valence-corrected chi connectivity index (χ3v) is 9.79. The van der Waals surface area contributed by atoms with Crippen LogP contribution in [0.15, 0.2) is 54.6 Å². The van der Waals surface area contributed by atoms with Crippen LogP contribution in [0, 0.1) is 11.8 Å². The van der Waals surface area contributed by atoms with Crippen LogP contribution in [-0.4, -0.2) is 74.0 Å². The molecular weight excluding hydrogens is 488 g/mol. The van der Waals surface area contributed by atoms with Crippen LogP contribution in [0.2, 0.25) is 0 Å². The Labute approximate surface area is 222 Å². The van der Waals surface area contributed by atoms with Gasteiger partial charge in [0.1, 0.15) is 6.04 Å². The lowest BCUT2D eigenvalue weighted by Crippen LogP contribution is -2.58. The van der Waals surface area contributed by atoms with Crippen LogP contribution in [-0.2, 0) is 19.1 Å². The van der Waals surface area contributed by atoms with E-state index in [1.165, 1.54) is 11.8 Å². The van der Waals surface area contributed by atoms with Gasteiger partial charge in [0.05, 0.1) is 35.8 Å². The predicted octanol–water partition coefficient (Wildman–Crippen LogP) is 3.50. The SMILES string of the molecule is CC(C)(C)N1CC=C[C@]23S[C@@H]4/C=C\CCCCOC(=O)[C@@H]4[C@H]2C(=O)N([C@H](CO)c2ccccc2)C3C1=O. The van der Waals surface area contributed by atoms with E-state index in [1.54, 1.807) is 9.80 Å². The van der Waals surface area contributed by atoms with E-state index >= 15 is 0 Å². The topological polar surface area (TPSA) is 87.2 Å². The molecule has 2 saturated heterocycles. The summed E-state index contributed by atoms with van der Waals surface area (Å²) in [4.78, 5) is 45.7. The second-order valence-electron chi connectivity index (χ2n) is 11.3. The Balaban J connectivity index is 1.68. The number of likely N-dealkylation sites (tertiary alicyclic amines) is 1. The zero-order chi connectivity index (χ0) is 26.4. The molecule has 0 aliphatic carbocycles. The second-order valence-corrected chi connectivity index (χ2v) is 12.8. The molecule has 198 valence electrons. The van der Waals surface area contributed by atoms with E-state index in [2.05, 4.69) is 6.08 Å². The second kappa shape index (κ2) is 9.95. The molecule has 0 radical (unpaired) electrons. The maximum atomic E-state index is 14.5. The average molecular weight is 525 g/mol. The highest BCUT2D eigenvalue weighted by atomic mass is 32.2. The van der Waals surface area contributed by atoms with Crippen molar-refractivity contribution in [1.29, 1.82) is 0 Å². The number of allylic oxidation sites excluding steroid dienone is 1. The van der Waals surface area contributed by atoms with Crippen molar-refractivity contribution < 1.29 is 24.2 Å². The number of nitrogens with zero attached hydrogens (tertiary/aromatic N) is 2. The third-order valence-electron chi connectivity index (χ3n) is 8.04. The fraction of sp³-hybridized carbons (Fsp3) is 0.552. The van der Waals surface area contributed by atoms with Gasteiger partial charge in [0, 0.05) is 17.3 Å². The Hall–Kier alpha value is -2.58. The van der Waals surface area contributed by atoms with Crippen molar-refractivity contribution >= 4 is 29.5 Å². The number of aliphatic hydroxyl groups is 1. The number of fused-ring (bicyclic) bond motifs is 2. The maximum absolute atomic E-state index is 14.5. The molecule has 5 rings (SSSR count). The molecule has 1 spiro atoms. The van der Waals surface area contributed by atoms with Crippen molar-refractivity contribution in [3.63, 3.8) is 0 Å². The minimum atomic E-state index is -0.941. The number of esters is 1. The normalized spacial score (nSPS) is 33.8. The lowest BCUT2D eigenvalue weighted by atomic mass is 9.78. The van der Waals surface area contributed by atoms with Crippen LogP contribution in [0.4, 0.5) is 0 Å². The van der Waals surface area contributed by atoms with E-state index in [4.69, 9.17) is 4.74 Å². The van der Waals surface area contributed by atoms with E-state index in [9.17, 15) is 19.5 Å². The van der Waals surface area contributed by atoms with Crippen LogP contribution in [0.5, 0.6) is 0 Å². The molecule has 37 heavy (non-hydrogen) atoms. The Kier molecular flexibility index (Phi) is 7.00. The Morgan fingerprint density at radius 1 is 1.11 bits per heavy atom. The fourth-order valence-electron chi connectivity index (χ4n) is 6.32. The fourth-order valence-corrected chi connectivity index (χ4v) is 8.31. The summed E-state index contributed by atoms with van der Waals surface area (Å²) in [6.45, 7) is 6.37. The number of hydrogen-bond donors (Lipinski definition) is 1. The van der Waals surface area contributed by atoms with E-state index in [0.29, 0.717) is 13.2 Å². The lowest BCUT2D eigenvalue weighted by Gasteiger charge is -2.42. The van der Waals surface area contributed by atoms with Gasteiger partial charge in [0.2, 0.25) is 11.8 Å². The number of carbonyl (C=O) groups is 3. The number of thioether (sulfide) groups is 1. The number of hydrogen-bond acceptors (Lipinski definition) is 6.